The zero-order chi connectivity index (χ0) is 19.5. The number of aromatic nitrogens is 2. The highest BCUT2D eigenvalue weighted by molar-refractivity contribution is 5.86. The number of ether oxygens (including phenoxy) is 2. The first kappa shape index (κ1) is 17.9. The minimum atomic E-state index is -0.0744. The molecule has 0 bridgehead atoms. The quantitative estimate of drug-likeness (QED) is 0.522. The number of hydrogen-bond donors (Lipinski definition) is 2. The van der Waals surface area contributed by atoms with Crippen LogP contribution in [0.4, 0.5) is 5.82 Å². The standard InChI is InChI=1S/C23H23N3O2/c1-15-22(17-8-4-5-9-18(17)25-15)23(26-21-10-6-7-13-24-21)16-11-12-19(27-2)20(14-16)28-3/h4-14,23,25H,1-3H3,(H,24,26)/p+1/t23-/m0/s1. The van der Waals surface area contributed by atoms with Crippen molar-refractivity contribution in [2.75, 3.05) is 19.5 Å². The maximum atomic E-state index is 5.54. The number of fused-ring (bicyclic) bond motifs is 1. The lowest BCUT2D eigenvalue weighted by Crippen LogP contribution is -2.19. The van der Waals surface area contributed by atoms with Gasteiger partial charge in [-0.1, -0.05) is 30.3 Å². The molecule has 4 rings (SSSR count). The monoisotopic (exact) mass is 374 g/mol. The van der Waals surface area contributed by atoms with Crippen molar-refractivity contribution in [2.45, 2.75) is 13.0 Å². The van der Waals surface area contributed by atoms with Crippen molar-refractivity contribution in [1.82, 2.24) is 4.98 Å². The molecule has 3 N–H and O–H groups in total. The normalized spacial score (nSPS) is 12.0. The molecule has 5 heteroatoms. The molecule has 0 radical (unpaired) electrons. The number of H-pyrrole nitrogens is 2. The number of hydrogen-bond acceptors (Lipinski definition) is 3. The molecule has 0 saturated carbocycles. The van der Waals surface area contributed by atoms with E-state index in [-0.39, 0.29) is 6.04 Å². The first-order chi connectivity index (χ1) is 13.7. The highest BCUT2D eigenvalue weighted by Crippen LogP contribution is 2.37. The summed E-state index contributed by atoms with van der Waals surface area (Å²) in [6.07, 6.45) is 1.91. The van der Waals surface area contributed by atoms with Gasteiger partial charge in [-0.05, 0) is 31.2 Å². The highest BCUT2D eigenvalue weighted by Gasteiger charge is 2.26. The van der Waals surface area contributed by atoms with E-state index >= 15 is 0 Å². The fraction of sp³-hybridized carbons (Fsp3) is 0.174. The molecular formula is C23H24N3O2+. The van der Waals surface area contributed by atoms with Gasteiger partial charge < -0.3 is 14.5 Å². The maximum Gasteiger partial charge on any atom is 0.272 e. The number of rotatable bonds is 6. The van der Waals surface area contributed by atoms with Crippen LogP contribution in [0, 0.1) is 6.92 Å². The topological polar surface area (TPSA) is 60.4 Å². The van der Waals surface area contributed by atoms with Crippen LogP contribution in [0.2, 0.25) is 0 Å². The average Bonchev–Trinajstić information content (AvgIpc) is 3.08. The lowest BCUT2D eigenvalue weighted by atomic mass is 9.95. The average molecular weight is 374 g/mol. The fourth-order valence-electron chi connectivity index (χ4n) is 3.66. The molecule has 0 saturated heterocycles. The van der Waals surface area contributed by atoms with E-state index in [9.17, 15) is 0 Å². The Labute approximate surface area is 164 Å². The Morgan fingerprint density at radius 2 is 1.71 bits per heavy atom. The van der Waals surface area contributed by atoms with Gasteiger partial charge >= 0.3 is 0 Å². The van der Waals surface area contributed by atoms with Crippen LogP contribution in [0.1, 0.15) is 22.9 Å². The van der Waals surface area contributed by atoms with Crippen molar-refractivity contribution < 1.29 is 14.5 Å². The number of pyridine rings is 1. The number of benzene rings is 2. The number of aryl methyl sites for hydroxylation is 1. The Kier molecular flexibility index (Phi) is 4.89. The van der Waals surface area contributed by atoms with Gasteiger partial charge in [0.25, 0.3) is 5.82 Å². The molecule has 2 aromatic heterocycles. The van der Waals surface area contributed by atoms with Crippen LogP contribution in [0.25, 0.3) is 10.9 Å². The van der Waals surface area contributed by atoms with Gasteiger partial charge in [0, 0.05) is 33.8 Å². The van der Waals surface area contributed by atoms with Gasteiger partial charge in [-0.15, -0.1) is 0 Å². The molecule has 28 heavy (non-hydrogen) atoms. The van der Waals surface area contributed by atoms with Gasteiger partial charge in [-0.2, -0.15) is 0 Å². The summed E-state index contributed by atoms with van der Waals surface area (Å²) in [5, 5.41) is 4.84. The molecule has 2 aromatic carbocycles. The molecule has 5 nitrogen and oxygen atoms in total. The van der Waals surface area contributed by atoms with Gasteiger partial charge in [0.15, 0.2) is 11.5 Å². The molecule has 0 aliphatic carbocycles. The van der Waals surface area contributed by atoms with Crippen LogP contribution in [-0.2, 0) is 0 Å². The second-order valence-corrected chi connectivity index (χ2v) is 6.68. The third kappa shape index (κ3) is 3.27. The number of aromatic amines is 2. The van der Waals surface area contributed by atoms with Gasteiger partial charge in [-0.25, -0.2) is 4.98 Å². The largest absolute Gasteiger partial charge is 0.493 e. The molecule has 0 aliphatic rings. The van der Waals surface area contributed by atoms with Crippen LogP contribution in [0.15, 0.2) is 66.9 Å². The van der Waals surface area contributed by atoms with Crippen molar-refractivity contribution in [2.24, 2.45) is 0 Å². The summed E-state index contributed by atoms with van der Waals surface area (Å²) in [5.41, 5.74) is 4.55. The highest BCUT2D eigenvalue weighted by atomic mass is 16.5. The molecular weight excluding hydrogens is 350 g/mol. The Morgan fingerprint density at radius 3 is 2.46 bits per heavy atom. The van der Waals surface area contributed by atoms with Gasteiger partial charge in [0.05, 0.1) is 20.4 Å². The van der Waals surface area contributed by atoms with Crippen molar-refractivity contribution in [3.63, 3.8) is 0 Å². The number of methoxy groups -OCH3 is 2. The first-order valence-corrected chi connectivity index (χ1v) is 9.23. The molecule has 0 amide bonds. The van der Waals surface area contributed by atoms with Gasteiger partial charge in [0.2, 0.25) is 0 Å². The van der Waals surface area contributed by atoms with Crippen molar-refractivity contribution in [3.8, 4) is 11.5 Å². The third-order valence-corrected chi connectivity index (χ3v) is 4.98. The lowest BCUT2D eigenvalue weighted by molar-refractivity contribution is -0.361. The van der Waals surface area contributed by atoms with Crippen LogP contribution in [-0.4, -0.2) is 19.2 Å². The summed E-state index contributed by atoms with van der Waals surface area (Å²) in [6, 6.07) is 20.3. The molecule has 0 aliphatic heterocycles. The van der Waals surface area contributed by atoms with E-state index in [1.54, 1.807) is 14.2 Å². The van der Waals surface area contributed by atoms with E-state index < -0.39 is 0 Å². The predicted molar refractivity (Wildman–Crippen MR) is 111 cm³/mol. The van der Waals surface area contributed by atoms with Crippen molar-refractivity contribution in [3.05, 3.63) is 83.7 Å². The Morgan fingerprint density at radius 1 is 0.929 bits per heavy atom. The molecule has 0 fully saturated rings. The minimum Gasteiger partial charge on any atom is -0.493 e. The summed E-state index contributed by atoms with van der Waals surface area (Å²) in [4.78, 5) is 6.78. The summed E-state index contributed by atoms with van der Waals surface area (Å²) < 4.78 is 11.0. The van der Waals surface area contributed by atoms with E-state index in [0.29, 0.717) is 11.5 Å². The first-order valence-electron chi connectivity index (χ1n) is 9.23. The predicted octanol–water partition coefficient (Wildman–Crippen LogP) is 4.51. The van der Waals surface area contributed by atoms with Gasteiger partial charge in [0.1, 0.15) is 6.04 Å². The zero-order valence-corrected chi connectivity index (χ0v) is 16.2. The number of anilines is 1. The van der Waals surface area contributed by atoms with E-state index in [1.165, 1.54) is 10.9 Å². The zero-order valence-electron chi connectivity index (χ0n) is 16.2. The Balaban J connectivity index is 1.88. The summed E-state index contributed by atoms with van der Waals surface area (Å²) in [5.74, 6) is 2.36. The number of para-hydroxylation sites is 1. The van der Waals surface area contributed by atoms with E-state index in [1.807, 2.05) is 42.6 Å². The SMILES string of the molecule is COc1ccc([C@H](Nc2cccc[nH+]2)c2c(C)[nH]c3ccccc23)cc1OC. The molecule has 0 unspecified atom stereocenters. The van der Waals surface area contributed by atoms with Crippen molar-refractivity contribution in [1.29, 1.82) is 0 Å². The number of nitrogens with one attached hydrogen (secondary N) is 3. The molecule has 0 spiro atoms. The fourth-order valence-corrected chi connectivity index (χ4v) is 3.66. The van der Waals surface area contributed by atoms with E-state index in [4.69, 9.17) is 9.47 Å². The summed E-state index contributed by atoms with van der Waals surface area (Å²) in [6.45, 7) is 2.11. The van der Waals surface area contributed by atoms with Crippen LogP contribution < -0.4 is 19.8 Å². The summed E-state index contributed by atoms with van der Waals surface area (Å²) >= 11 is 0. The molecule has 1 atom stereocenters. The second-order valence-electron chi connectivity index (χ2n) is 6.68. The molecule has 142 valence electrons. The van der Waals surface area contributed by atoms with Crippen LogP contribution in [0.5, 0.6) is 11.5 Å². The lowest BCUT2D eigenvalue weighted by Gasteiger charge is -2.18. The van der Waals surface area contributed by atoms with Crippen molar-refractivity contribution >= 4 is 16.7 Å². The van der Waals surface area contributed by atoms with Crippen LogP contribution in [0.3, 0.4) is 0 Å². The Bertz CT molecular complexity index is 1090. The summed E-state index contributed by atoms with van der Waals surface area (Å²) in [7, 11) is 3.31. The van der Waals surface area contributed by atoms with Crippen LogP contribution >= 0.6 is 0 Å². The van der Waals surface area contributed by atoms with Gasteiger partial charge in [-0.3, -0.25) is 5.32 Å². The smallest absolute Gasteiger partial charge is 0.272 e. The minimum absolute atomic E-state index is 0.0744. The Hall–Kier alpha value is -3.47. The van der Waals surface area contributed by atoms with E-state index in [2.05, 4.69) is 46.5 Å². The molecule has 2 heterocycles. The van der Waals surface area contributed by atoms with E-state index in [0.717, 1.165) is 22.6 Å². The molecule has 4 aromatic rings. The second kappa shape index (κ2) is 7.64. The maximum absolute atomic E-state index is 5.54. The third-order valence-electron chi connectivity index (χ3n) is 4.98.